The Bertz CT molecular complexity index is 312. The summed E-state index contributed by atoms with van der Waals surface area (Å²) in [6.45, 7) is 5.59. The molecule has 13 heavy (non-hydrogen) atoms. The molecule has 0 N–H and O–H groups in total. The first-order valence-electron chi connectivity index (χ1n) is 3.86. The minimum absolute atomic E-state index is 0.244. The zero-order valence-corrected chi connectivity index (χ0v) is 10.7. The Morgan fingerprint density at radius 2 is 2.15 bits per heavy atom. The van der Waals surface area contributed by atoms with Gasteiger partial charge in [-0.05, 0) is 49.4 Å². The zero-order chi connectivity index (χ0) is 10.1. The molecule has 2 nitrogen and oxygen atoms in total. The normalized spacial score (nSPS) is 11.4. The van der Waals surface area contributed by atoms with Gasteiger partial charge in [-0.2, -0.15) is 0 Å². The third kappa shape index (κ3) is 3.64. The summed E-state index contributed by atoms with van der Waals surface area (Å²) in [7, 11) is 0. The molecule has 1 aromatic heterocycles. The smallest absolute Gasteiger partial charge is 0.339 e. The Labute approximate surface area is 95.4 Å². The number of carbonyl (C=O) groups excluding carboxylic acids is 1. The van der Waals surface area contributed by atoms with E-state index in [1.165, 1.54) is 0 Å². The standard InChI is InChI=1S/C9H11IO2S/c1-9(2,3)12-8(11)6-4-7(10)13-5-6/h4-5H,1-3H3. The number of halogens is 1. The second-order valence-electron chi connectivity index (χ2n) is 3.64. The molecule has 0 aromatic carbocycles. The fraction of sp³-hybridized carbons (Fsp3) is 0.444. The molecule has 0 saturated carbocycles. The Hall–Kier alpha value is -0.100. The van der Waals surface area contributed by atoms with Gasteiger partial charge in [0.2, 0.25) is 0 Å². The van der Waals surface area contributed by atoms with Crippen molar-refractivity contribution in [2.75, 3.05) is 0 Å². The van der Waals surface area contributed by atoms with Crippen LogP contribution in [0.3, 0.4) is 0 Å². The van der Waals surface area contributed by atoms with Crippen molar-refractivity contribution in [3.63, 3.8) is 0 Å². The summed E-state index contributed by atoms with van der Waals surface area (Å²) in [6.07, 6.45) is 0. The second-order valence-corrected chi connectivity index (χ2v) is 6.45. The SMILES string of the molecule is CC(C)(C)OC(=O)c1csc(I)c1. The van der Waals surface area contributed by atoms with Crippen LogP contribution in [0.5, 0.6) is 0 Å². The third-order valence-electron chi connectivity index (χ3n) is 1.20. The number of carbonyl (C=O) groups is 1. The molecule has 4 heteroatoms. The Kier molecular flexibility index (Phi) is 3.34. The minimum Gasteiger partial charge on any atom is -0.456 e. The molecule has 0 aliphatic rings. The van der Waals surface area contributed by atoms with Gasteiger partial charge in [-0.1, -0.05) is 0 Å². The molecule has 0 aliphatic carbocycles. The molecule has 1 heterocycles. The van der Waals surface area contributed by atoms with Crippen LogP contribution in [0.25, 0.3) is 0 Å². The summed E-state index contributed by atoms with van der Waals surface area (Å²) in [5, 5.41) is 1.82. The molecule has 0 fully saturated rings. The molecule has 0 radical (unpaired) electrons. The van der Waals surface area contributed by atoms with Gasteiger partial charge in [-0.15, -0.1) is 11.3 Å². The van der Waals surface area contributed by atoms with Gasteiger partial charge >= 0.3 is 5.97 Å². The van der Waals surface area contributed by atoms with E-state index in [4.69, 9.17) is 4.74 Å². The number of rotatable bonds is 1. The van der Waals surface area contributed by atoms with Crippen molar-refractivity contribution >= 4 is 39.9 Å². The van der Waals surface area contributed by atoms with E-state index in [0.717, 1.165) is 2.88 Å². The molecule has 0 spiro atoms. The predicted octanol–water partition coefficient (Wildman–Crippen LogP) is 3.31. The lowest BCUT2D eigenvalue weighted by Gasteiger charge is -2.18. The van der Waals surface area contributed by atoms with E-state index in [-0.39, 0.29) is 5.97 Å². The number of hydrogen-bond donors (Lipinski definition) is 0. The first-order chi connectivity index (χ1) is 5.88. The van der Waals surface area contributed by atoms with Crippen LogP contribution in [-0.2, 0) is 4.74 Å². The topological polar surface area (TPSA) is 26.3 Å². The van der Waals surface area contributed by atoms with Gasteiger partial charge in [0.05, 0.1) is 8.45 Å². The van der Waals surface area contributed by atoms with E-state index in [1.54, 1.807) is 11.3 Å². The average Bonchev–Trinajstić information content (AvgIpc) is 2.31. The van der Waals surface area contributed by atoms with E-state index in [0.29, 0.717) is 5.56 Å². The summed E-state index contributed by atoms with van der Waals surface area (Å²) >= 11 is 3.73. The fourth-order valence-corrected chi connectivity index (χ4v) is 2.07. The summed E-state index contributed by atoms with van der Waals surface area (Å²) in [4.78, 5) is 11.5. The maximum atomic E-state index is 11.5. The molecular weight excluding hydrogens is 299 g/mol. The molecule has 0 amide bonds. The number of ether oxygens (including phenoxy) is 1. The molecule has 1 rings (SSSR count). The van der Waals surface area contributed by atoms with Gasteiger partial charge in [0.25, 0.3) is 0 Å². The molecule has 72 valence electrons. The van der Waals surface area contributed by atoms with Crippen molar-refractivity contribution < 1.29 is 9.53 Å². The minimum atomic E-state index is -0.412. The molecule has 0 atom stereocenters. The van der Waals surface area contributed by atoms with Crippen LogP contribution in [0.1, 0.15) is 31.1 Å². The zero-order valence-electron chi connectivity index (χ0n) is 7.76. The molecule has 1 aromatic rings. The first kappa shape index (κ1) is 11.0. The number of esters is 1. The third-order valence-corrected chi connectivity index (χ3v) is 2.99. The molecule has 0 aliphatic heterocycles. The highest BCUT2D eigenvalue weighted by atomic mass is 127. The van der Waals surface area contributed by atoms with Gasteiger partial charge in [0.15, 0.2) is 0 Å². The van der Waals surface area contributed by atoms with E-state index >= 15 is 0 Å². The second kappa shape index (κ2) is 3.96. The van der Waals surface area contributed by atoms with Crippen molar-refractivity contribution in [2.45, 2.75) is 26.4 Å². The van der Waals surface area contributed by atoms with Crippen molar-refractivity contribution in [2.24, 2.45) is 0 Å². The van der Waals surface area contributed by atoms with Crippen LogP contribution in [-0.4, -0.2) is 11.6 Å². The molecule has 0 saturated heterocycles. The van der Waals surface area contributed by atoms with Gasteiger partial charge in [0, 0.05) is 5.38 Å². The number of thiophene rings is 1. The lowest BCUT2D eigenvalue weighted by atomic mass is 10.2. The van der Waals surface area contributed by atoms with Crippen LogP contribution < -0.4 is 0 Å². The van der Waals surface area contributed by atoms with E-state index < -0.39 is 5.60 Å². The van der Waals surface area contributed by atoms with Crippen molar-refractivity contribution in [1.29, 1.82) is 0 Å². The Balaban J connectivity index is 2.70. The molecular formula is C9H11IO2S. The van der Waals surface area contributed by atoms with Gasteiger partial charge < -0.3 is 4.74 Å². The van der Waals surface area contributed by atoms with E-state index in [1.807, 2.05) is 32.2 Å². The summed E-state index contributed by atoms with van der Waals surface area (Å²) < 4.78 is 6.30. The Morgan fingerprint density at radius 1 is 1.54 bits per heavy atom. The van der Waals surface area contributed by atoms with Crippen LogP contribution in [0.2, 0.25) is 0 Å². The lowest BCUT2D eigenvalue weighted by molar-refractivity contribution is 0.00701. The van der Waals surface area contributed by atoms with Crippen LogP contribution in [0.4, 0.5) is 0 Å². The van der Waals surface area contributed by atoms with Gasteiger partial charge in [0.1, 0.15) is 5.60 Å². The predicted molar refractivity (Wildman–Crippen MR) is 62.2 cm³/mol. The van der Waals surface area contributed by atoms with Crippen LogP contribution >= 0.6 is 33.9 Å². The monoisotopic (exact) mass is 310 g/mol. The maximum Gasteiger partial charge on any atom is 0.339 e. The van der Waals surface area contributed by atoms with Crippen LogP contribution in [0.15, 0.2) is 11.4 Å². The summed E-state index contributed by atoms with van der Waals surface area (Å²) in [6, 6.07) is 1.83. The van der Waals surface area contributed by atoms with Gasteiger partial charge in [-0.25, -0.2) is 4.79 Å². The van der Waals surface area contributed by atoms with Crippen LogP contribution in [0, 0.1) is 2.88 Å². The molecule has 0 unspecified atom stereocenters. The van der Waals surface area contributed by atoms with Crippen molar-refractivity contribution in [3.05, 3.63) is 19.9 Å². The highest BCUT2D eigenvalue weighted by Gasteiger charge is 2.18. The molecule has 0 bridgehead atoms. The lowest BCUT2D eigenvalue weighted by Crippen LogP contribution is -2.23. The largest absolute Gasteiger partial charge is 0.456 e. The quantitative estimate of drug-likeness (QED) is 0.587. The number of hydrogen-bond acceptors (Lipinski definition) is 3. The van der Waals surface area contributed by atoms with Crippen molar-refractivity contribution in [1.82, 2.24) is 0 Å². The maximum absolute atomic E-state index is 11.5. The summed E-state index contributed by atoms with van der Waals surface area (Å²) in [5.41, 5.74) is 0.231. The van der Waals surface area contributed by atoms with Gasteiger partial charge in [-0.3, -0.25) is 0 Å². The highest BCUT2D eigenvalue weighted by Crippen LogP contribution is 2.19. The average molecular weight is 310 g/mol. The van der Waals surface area contributed by atoms with E-state index in [2.05, 4.69) is 22.6 Å². The Morgan fingerprint density at radius 3 is 2.54 bits per heavy atom. The van der Waals surface area contributed by atoms with Crippen molar-refractivity contribution in [3.8, 4) is 0 Å². The summed E-state index contributed by atoms with van der Waals surface area (Å²) in [5.74, 6) is -0.244. The van der Waals surface area contributed by atoms with E-state index in [9.17, 15) is 4.79 Å². The fourth-order valence-electron chi connectivity index (χ4n) is 0.754. The highest BCUT2D eigenvalue weighted by molar-refractivity contribution is 14.1. The first-order valence-corrected chi connectivity index (χ1v) is 5.82.